The third kappa shape index (κ3) is 2.64. The standard InChI is InChI=1S/C12H17ClO2/c1-7(2)10-5-9(8(3)14)6-11(13)12(10)15-4/h5-8,14H,1-4H3. The second kappa shape index (κ2) is 4.86. The maximum absolute atomic E-state index is 9.52. The van der Waals surface area contributed by atoms with E-state index in [-0.39, 0.29) is 0 Å². The Morgan fingerprint density at radius 1 is 1.27 bits per heavy atom. The predicted octanol–water partition coefficient (Wildman–Crippen LogP) is 3.53. The van der Waals surface area contributed by atoms with Crippen molar-refractivity contribution in [1.29, 1.82) is 0 Å². The molecule has 0 bridgehead atoms. The lowest BCUT2D eigenvalue weighted by Gasteiger charge is -2.16. The number of aliphatic hydroxyl groups excluding tert-OH is 1. The lowest BCUT2D eigenvalue weighted by atomic mass is 9.98. The van der Waals surface area contributed by atoms with Crippen LogP contribution in [0.25, 0.3) is 0 Å². The minimum atomic E-state index is -0.508. The van der Waals surface area contributed by atoms with E-state index in [0.29, 0.717) is 16.7 Å². The van der Waals surface area contributed by atoms with Gasteiger partial charge in [0.15, 0.2) is 0 Å². The second-order valence-corrected chi connectivity index (χ2v) is 4.36. The Morgan fingerprint density at radius 2 is 1.87 bits per heavy atom. The fourth-order valence-corrected chi connectivity index (χ4v) is 1.83. The Labute approximate surface area is 95.8 Å². The van der Waals surface area contributed by atoms with Crippen LogP contribution in [0.15, 0.2) is 12.1 Å². The molecule has 0 heterocycles. The molecule has 0 saturated carbocycles. The molecule has 1 unspecified atom stereocenters. The van der Waals surface area contributed by atoms with Crippen LogP contribution in [0.5, 0.6) is 5.75 Å². The van der Waals surface area contributed by atoms with Gasteiger partial charge in [0, 0.05) is 0 Å². The molecule has 84 valence electrons. The number of hydrogen-bond donors (Lipinski definition) is 1. The van der Waals surface area contributed by atoms with E-state index in [1.807, 2.05) is 6.07 Å². The van der Waals surface area contributed by atoms with Crippen molar-refractivity contribution in [3.05, 3.63) is 28.3 Å². The van der Waals surface area contributed by atoms with E-state index in [9.17, 15) is 5.11 Å². The van der Waals surface area contributed by atoms with Crippen molar-refractivity contribution in [3.63, 3.8) is 0 Å². The molecular formula is C12H17ClO2. The highest BCUT2D eigenvalue weighted by atomic mass is 35.5. The van der Waals surface area contributed by atoms with Crippen LogP contribution in [-0.2, 0) is 0 Å². The van der Waals surface area contributed by atoms with Gasteiger partial charge in [0.25, 0.3) is 0 Å². The Morgan fingerprint density at radius 3 is 2.27 bits per heavy atom. The van der Waals surface area contributed by atoms with Crippen molar-refractivity contribution in [3.8, 4) is 5.75 Å². The van der Waals surface area contributed by atoms with Gasteiger partial charge < -0.3 is 9.84 Å². The average Bonchev–Trinajstić information content (AvgIpc) is 2.16. The molecule has 0 aliphatic carbocycles. The number of benzene rings is 1. The van der Waals surface area contributed by atoms with Crippen LogP contribution < -0.4 is 4.74 Å². The molecule has 1 aromatic rings. The summed E-state index contributed by atoms with van der Waals surface area (Å²) in [6.45, 7) is 5.86. The number of ether oxygens (including phenoxy) is 1. The van der Waals surface area contributed by atoms with Gasteiger partial charge in [0.05, 0.1) is 18.2 Å². The topological polar surface area (TPSA) is 29.5 Å². The highest BCUT2D eigenvalue weighted by molar-refractivity contribution is 6.32. The predicted molar refractivity (Wildman–Crippen MR) is 62.7 cm³/mol. The SMILES string of the molecule is COc1c(Cl)cc(C(C)O)cc1C(C)C. The van der Waals surface area contributed by atoms with E-state index in [2.05, 4.69) is 13.8 Å². The van der Waals surface area contributed by atoms with E-state index in [4.69, 9.17) is 16.3 Å². The van der Waals surface area contributed by atoms with E-state index in [0.717, 1.165) is 11.1 Å². The quantitative estimate of drug-likeness (QED) is 0.858. The summed E-state index contributed by atoms with van der Waals surface area (Å²) in [6, 6.07) is 3.69. The first-order valence-corrected chi connectivity index (χ1v) is 5.40. The molecule has 0 fully saturated rings. The van der Waals surface area contributed by atoms with Crippen molar-refractivity contribution in [2.24, 2.45) is 0 Å². The van der Waals surface area contributed by atoms with Crippen LogP contribution in [0.2, 0.25) is 5.02 Å². The van der Waals surface area contributed by atoms with E-state index in [1.165, 1.54) is 0 Å². The van der Waals surface area contributed by atoms with Gasteiger partial charge in [-0.15, -0.1) is 0 Å². The fraction of sp³-hybridized carbons (Fsp3) is 0.500. The number of aliphatic hydroxyl groups is 1. The maximum Gasteiger partial charge on any atom is 0.140 e. The van der Waals surface area contributed by atoms with Crippen molar-refractivity contribution in [1.82, 2.24) is 0 Å². The van der Waals surface area contributed by atoms with Gasteiger partial charge in [0.1, 0.15) is 5.75 Å². The highest BCUT2D eigenvalue weighted by Gasteiger charge is 2.14. The Hall–Kier alpha value is -0.730. The van der Waals surface area contributed by atoms with Gasteiger partial charge in [-0.05, 0) is 36.1 Å². The summed E-state index contributed by atoms with van der Waals surface area (Å²) in [6.07, 6.45) is -0.508. The first-order chi connectivity index (χ1) is 6.97. The molecule has 0 aliphatic heterocycles. The minimum absolute atomic E-state index is 0.316. The molecule has 0 spiro atoms. The summed E-state index contributed by atoms with van der Waals surface area (Å²) >= 11 is 6.09. The van der Waals surface area contributed by atoms with E-state index < -0.39 is 6.10 Å². The normalized spacial score (nSPS) is 13.0. The van der Waals surface area contributed by atoms with Crippen molar-refractivity contribution < 1.29 is 9.84 Å². The zero-order chi connectivity index (χ0) is 11.6. The molecule has 1 rings (SSSR count). The van der Waals surface area contributed by atoms with Crippen molar-refractivity contribution in [2.45, 2.75) is 32.8 Å². The number of methoxy groups -OCH3 is 1. The van der Waals surface area contributed by atoms with Crippen molar-refractivity contribution in [2.75, 3.05) is 7.11 Å². The monoisotopic (exact) mass is 228 g/mol. The molecule has 0 aliphatic rings. The summed E-state index contributed by atoms with van der Waals surface area (Å²) in [5.74, 6) is 1.02. The smallest absolute Gasteiger partial charge is 0.140 e. The first-order valence-electron chi connectivity index (χ1n) is 5.02. The van der Waals surface area contributed by atoms with E-state index >= 15 is 0 Å². The molecule has 0 amide bonds. The third-order valence-electron chi connectivity index (χ3n) is 2.40. The summed E-state index contributed by atoms with van der Waals surface area (Å²) in [5.41, 5.74) is 1.85. The molecule has 2 nitrogen and oxygen atoms in total. The van der Waals surface area contributed by atoms with Crippen LogP contribution in [0.3, 0.4) is 0 Å². The molecular weight excluding hydrogens is 212 g/mol. The zero-order valence-electron chi connectivity index (χ0n) is 9.54. The van der Waals surface area contributed by atoms with E-state index in [1.54, 1.807) is 20.1 Å². The summed E-state index contributed by atoms with van der Waals surface area (Å²) in [4.78, 5) is 0. The van der Waals surface area contributed by atoms with Gasteiger partial charge in [-0.3, -0.25) is 0 Å². The van der Waals surface area contributed by atoms with Crippen LogP contribution in [0, 0.1) is 0 Å². The lowest BCUT2D eigenvalue weighted by Crippen LogP contribution is -1.99. The van der Waals surface area contributed by atoms with Gasteiger partial charge in [0.2, 0.25) is 0 Å². The Kier molecular flexibility index (Phi) is 4.00. The van der Waals surface area contributed by atoms with Gasteiger partial charge >= 0.3 is 0 Å². The zero-order valence-corrected chi connectivity index (χ0v) is 10.3. The molecule has 0 radical (unpaired) electrons. The third-order valence-corrected chi connectivity index (χ3v) is 2.68. The Balaban J connectivity index is 3.32. The minimum Gasteiger partial charge on any atom is -0.495 e. The molecule has 0 aromatic heterocycles. The molecule has 0 saturated heterocycles. The average molecular weight is 229 g/mol. The second-order valence-electron chi connectivity index (χ2n) is 3.96. The fourth-order valence-electron chi connectivity index (χ4n) is 1.52. The number of rotatable bonds is 3. The molecule has 1 N–H and O–H groups in total. The van der Waals surface area contributed by atoms with Crippen LogP contribution in [0.1, 0.15) is 43.9 Å². The molecule has 1 aromatic carbocycles. The van der Waals surface area contributed by atoms with Crippen molar-refractivity contribution >= 4 is 11.6 Å². The van der Waals surface area contributed by atoms with Crippen LogP contribution in [0.4, 0.5) is 0 Å². The number of hydrogen-bond acceptors (Lipinski definition) is 2. The summed E-state index contributed by atoms with van der Waals surface area (Å²) < 4.78 is 5.26. The largest absolute Gasteiger partial charge is 0.495 e. The van der Waals surface area contributed by atoms with Gasteiger partial charge in [-0.1, -0.05) is 25.4 Å². The Bertz CT molecular complexity index is 346. The van der Waals surface area contributed by atoms with Gasteiger partial charge in [-0.25, -0.2) is 0 Å². The molecule has 1 atom stereocenters. The highest BCUT2D eigenvalue weighted by Crippen LogP contribution is 2.36. The molecule has 15 heavy (non-hydrogen) atoms. The first kappa shape index (κ1) is 12.3. The summed E-state index contributed by atoms with van der Waals surface area (Å²) in [7, 11) is 1.61. The molecule has 3 heteroatoms. The van der Waals surface area contributed by atoms with Gasteiger partial charge in [-0.2, -0.15) is 0 Å². The van der Waals surface area contributed by atoms with Crippen LogP contribution >= 0.6 is 11.6 Å². The lowest BCUT2D eigenvalue weighted by molar-refractivity contribution is 0.199. The number of halogens is 1. The summed E-state index contributed by atoms with van der Waals surface area (Å²) in [5, 5.41) is 10.1. The maximum atomic E-state index is 9.52. The van der Waals surface area contributed by atoms with Crippen LogP contribution in [-0.4, -0.2) is 12.2 Å².